The summed E-state index contributed by atoms with van der Waals surface area (Å²) in [6, 6.07) is 6.66. The van der Waals surface area contributed by atoms with Gasteiger partial charge in [-0.2, -0.15) is 11.8 Å². The van der Waals surface area contributed by atoms with Crippen LogP contribution in [0.15, 0.2) is 18.2 Å². The number of thioether (sulfide) groups is 1. The van der Waals surface area contributed by atoms with Crippen molar-refractivity contribution in [3.8, 4) is 0 Å². The van der Waals surface area contributed by atoms with Gasteiger partial charge in [-0.25, -0.2) is 4.98 Å². The Morgan fingerprint density at radius 1 is 1.35 bits per heavy atom. The normalized spacial score (nSPS) is 23.6. The van der Waals surface area contributed by atoms with Gasteiger partial charge in [-0.05, 0) is 30.7 Å². The smallest absolute Gasteiger partial charge is 0.128 e. The number of hydrogen-bond donors (Lipinski definition) is 2. The molecule has 0 spiro atoms. The molecule has 4 heteroatoms. The molecule has 2 rings (SSSR count). The van der Waals surface area contributed by atoms with Crippen LogP contribution in [-0.2, 0) is 0 Å². The van der Waals surface area contributed by atoms with Crippen LogP contribution in [0.2, 0.25) is 0 Å². The van der Waals surface area contributed by atoms with Crippen molar-refractivity contribution in [2.75, 3.05) is 23.4 Å². The van der Waals surface area contributed by atoms with Crippen LogP contribution in [0.25, 0.3) is 0 Å². The summed E-state index contributed by atoms with van der Waals surface area (Å²) < 4.78 is 0. The average molecular weight is 251 g/mol. The summed E-state index contributed by atoms with van der Waals surface area (Å²) in [5, 5.41) is 7.40. The van der Waals surface area contributed by atoms with Crippen LogP contribution in [0.3, 0.4) is 0 Å². The van der Waals surface area contributed by atoms with Crippen LogP contribution in [0.5, 0.6) is 0 Å². The maximum absolute atomic E-state index is 4.52. The number of nitrogens with one attached hydrogen (secondary N) is 2. The Balaban J connectivity index is 1.99. The highest BCUT2D eigenvalue weighted by atomic mass is 32.2. The molecule has 0 amide bonds. The fourth-order valence-electron chi connectivity index (χ4n) is 2.35. The predicted octanol–water partition coefficient (Wildman–Crippen LogP) is 3.21. The van der Waals surface area contributed by atoms with Crippen molar-refractivity contribution >= 4 is 23.4 Å². The van der Waals surface area contributed by atoms with Gasteiger partial charge in [0.05, 0.1) is 0 Å². The summed E-state index contributed by atoms with van der Waals surface area (Å²) in [7, 11) is 1.90. The molecule has 0 aliphatic heterocycles. The Morgan fingerprint density at radius 2 is 2.18 bits per heavy atom. The van der Waals surface area contributed by atoms with Crippen molar-refractivity contribution in [1.29, 1.82) is 0 Å². The van der Waals surface area contributed by atoms with Gasteiger partial charge in [-0.3, -0.25) is 0 Å². The maximum atomic E-state index is 4.52. The standard InChI is InChI=1S/C13H21N3S/c1-3-17-11-7-4-6-10(11)15-13-9-5-8-12(14-2)16-13/h5,8-11H,3-4,6-7H2,1-2H3,(H2,14,15,16). The topological polar surface area (TPSA) is 37.0 Å². The minimum absolute atomic E-state index is 0.583. The number of aromatic nitrogens is 1. The van der Waals surface area contributed by atoms with E-state index in [1.54, 1.807) is 0 Å². The first-order valence-electron chi connectivity index (χ1n) is 6.36. The highest BCUT2D eigenvalue weighted by Crippen LogP contribution is 2.31. The molecule has 1 aliphatic carbocycles. The van der Waals surface area contributed by atoms with Gasteiger partial charge in [-0.15, -0.1) is 0 Å². The van der Waals surface area contributed by atoms with Crippen molar-refractivity contribution in [3.05, 3.63) is 18.2 Å². The van der Waals surface area contributed by atoms with Crippen molar-refractivity contribution in [2.24, 2.45) is 0 Å². The molecule has 1 aromatic rings. The van der Waals surface area contributed by atoms with Gasteiger partial charge in [0.25, 0.3) is 0 Å². The van der Waals surface area contributed by atoms with Gasteiger partial charge in [0.15, 0.2) is 0 Å². The van der Waals surface area contributed by atoms with Gasteiger partial charge in [-0.1, -0.05) is 19.4 Å². The minimum atomic E-state index is 0.583. The van der Waals surface area contributed by atoms with Crippen molar-refractivity contribution in [2.45, 2.75) is 37.5 Å². The quantitative estimate of drug-likeness (QED) is 0.842. The molecule has 0 radical (unpaired) electrons. The molecule has 1 saturated carbocycles. The van der Waals surface area contributed by atoms with Crippen LogP contribution >= 0.6 is 11.8 Å². The maximum Gasteiger partial charge on any atom is 0.128 e. The molecule has 0 bridgehead atoms. The monoisotopic (exact) mass is 251 g/mol. The third-order valence-corrected chi connectivity index (χ3v) is 4.50. The van der Waals surface area contributed by atoms with Gasteiger partial charge >= 0.3 is 0 Å². The number of anilines is 2. The lowest BCUT2D eigenvalue weighted by Gasteiger charge is -2.20. The Hall–Kier alpha value is -0.900. The second-order valence-corrected chi connectivity index (χ2v) is 5.85. The van der Waals surface area contributed by atoms with E-state index < -0.39 is 0 Å². The average Bonchev–Trinajstić information content (AvgIpc) is 2.78. The second-order valence-electron chi connectivity index (χ2n) is 4.33. The Kier molecular flexibility index (Phi) is 4.54. The highest BCUT2D eigenvalue weighted by molar-refractivity contribution is 7.99. The first-order chi connectivity index (χ1) is 8.33. The lowest BCUT2D eigenvalue weighted by molar-refractivity contribution is 0.763. The molecule has 1 heterocycles. The van der Waals surface area contributed by atoms with Gasteiger partial charge in [0.2, 0.25) is 0 Å². The van der Waals surface area contributed by atoms with E-state index in [4.69, 9.17) is 0 Å². The van der Waals surface area contributed by atoms with E-state index in [1.807, 2.05) is 25.2 Å². The highest BCUT2D eigenvalue weighted by Gasteiger charge is 2.27. The summed E-state index contributed by atoms with van der Waals surface area (Å²) >= 11 is 2.07. The summed E-state index contributed by atoms with van der Waals surface area (Å²) in [5.74, 6) is 3.12. The van der Waals surface area contributed by atoms with Gasteiger partial charge in [0.1, 0.15) is 11.6 Å². The first-order valence-corrected chi connectivity index (χ1v) is 7.41. The fourth-order valence-corrected chi connectivity index (χ4v) is 3.55. The lowest BCUT2D eigenvalue weighted by atomic mass is 10.2. The molecule has 17 heavy (non-hydrogen) atoms. The third kappa shape index (κ3) is 3.28. The van der Waals surface area contributed by atoms with Crippen LogP contribution in [-0.4, -0.2) is 29.1 Å². The number of rotatable bonds is 5. The zero-order chi connectivity index (χ0) is 12.1. The second kappa shape index (κ2) is 6.15. The molecule has 0 saturated heterocycles. The van der Waals surface area contributed by atoms with E-state index in [0.717, 1.165) is 16.9 Å². The van der Waals surface area contributed by atoms with E-state index in [2.05, 4.69) is 34.3 Å². The minimum Gasteiger partial charge on any atom is -0.373 e. The Bertz CT molecular complexity index is 356. The van der Waals surface area contributed by atoms with Crippen molar-refractivity contribution < 1.29 is 0 Å². The zero-order valence-electron chi connectivity index (χ0n) is 10.6. The third-order valence-electron chi connectivity index (χ3n) is 3.17. The van der Waals surface area contributed by atoms with Crippen LogP contribution in [0.1, 0.15) is 26.2 Å². The molecule has 2 unspecified atom stereocenters. The SMILES string of the molecule is CCSC1CCCC1Nc1cccc(NC)n1. The molecule has 3 nitrogen and oxygen atoms in total. The number of nitrogens with zero attached hydrogens (tertiary/aromatic N) is 1. The fraction of sp³-hybridized carbons (Fsp3) is 0.615. The molecule has 94 valence electrons. The summed E-state index contributed by atoms with van der Waals surface area (Å²) in [4.78, 5) is 4.52. The zero-order valence-corrected chi connectivity index (χ0v) is 11.4. The lowest BCUT2D eigenvalue weighted by Crippen LogP contribution is -2.26. The molecule has 1 fully saturated rings. The molecule has 0 aromatic carbocycles. The molecule has 2 atom stereocenters. The molecular formula is C13H21N3S. The summed E-state index contributed by atoms with van der Waals surface area (Å²) in [6.07, 6.45) is 3.94. The van der Waals surface area contributed by atoms with E-state index >= 15 is 0 Å². The van der Waals surface area contributed by atoms with Crippen LogP contribution in [0, 0.1) is 0 Å². The predicted molar refractivity (Wildman–Crippen MR) is 77.0 cm³/mol. The van der Waals surface area contributed by atoms with Crippen LogP contribution in [0.4, 0.5) is 11.6 Å². The Morgan fingerprint density at radius 3 is 2.94 bits per heavy atom. The van der Waals surface area contributed by atoms with Crippen LogP contribution < -0.4 is 10.6 Å². The molecule has 1 aromatic heterocycles. The largest absolute Gasteiger partial charge is 0.373 e. The summed E-state index contributed by atoms with van der Waals surface area (Å²) in [6.45, 7) is 2.24. The van der Waals surface area contributed by atoms with E-state index in [9.17, 15) is 0 Å². The van der Waals surface area contributed by atoms with E-state index in [1.165, 1.54) is 25.0 Å². The molecular weight excluding hydrogens is 230 g/mol. The number of pyridine rings is 1. The molecule has 2 N–H and O–H groups in total. The van der Waals surface area contributed by atoms with E-state index in [0.29, 0.717) is 6.04 Å². The summed E-state index contributed by atoms with van der Waals surface area (Å²) in [5.41, 5.74) is 0. The van der Waals surface area contributed by atoms with E-state index in [-0.39, 0.29) is 0 Å². The number of hydrogen-bond acceptors (Lipinski definition) is 4. The van der Waals surface area contributed by atoms with Gasteiger partial charge < -0.3 is 10.6 Å². The van der Waals surface area contributed by atoms with Crippen molar-refractivity contribution in [3.63, 3.8) is 0 Å². The van der Waals surface area contributed by atoms with Gasteiger partial charge in [0, 0.05) is 18.3 Å². The molecule has 1 aliphatic rings. The first kappa shape index (κ1) is 12.6. The van der Waals surface area contributed by atoms with Crippen molar-refractivity contribution in [1.82, 2.24) is 4.98 Å². The Labute approximate surface area is 108 Å².